The number of aromatic nitrogens is 2. The number of aryl methyl sites for hydroxylation is 1. The number of amides is 1. The summed E-state index contributed by atoms with van der Waals surface area (Å²) in [5.41, 5.74) is 5.27. The predicted molar refractivity (Wildman–Crippen MR) is 51.8 cm³/mol. The second-order valence-corrected chi connectivity index (χ2v) is 4.00. The standard InChI is InChI=1S/C9H15N3O2/c1-6-7(8(10)13)4-12(11-6)5-9(2,3)14/h4,14H,5H2,1-3H3,(H2,10,13). The zero-order valence-corrected chi connectivity index (χ0v) is 8.61. The quantitative estimate of drug-likeness (QED) is 0.719. The average Bonchev–Trinajstić information content (AvgIpc) is 2.26. The number of hydrogen-bond acceptors (Lipinski definition) is 3. The Kier molecular flexibility index (Phi) is 2.62. The summed E-state index contributed by atoms with van der Waals surface area (Å²) in [7, 11) is 0. The van der Waals surface area contributed by atoms with Crippen molar-refractivity contribution in [3.8, 4) is 0 Å². The van der Waals surface area contributed by atoms with Crippen LogP contribution < -0.4 is 5.73 Å². The van der Waals surface area contributed by atoms with Crippen LogP contribution in [0, 0.1) is 6.92 Å². The molecule has 0 spiro atoms. The summed E-state index contributed by atoms with van der Waals surface area (Å²) >= 11 is 0. The SMILES string of the molecule is Cc1nn(CC(C)(C)O)cc1C(N)=O. The molecular formula is C9H15N3O2. The third kappa shape index (κ3) is 2.56. The van der Waals surface area contributed by atoms with Crippen molar-refractivity contribution in [1.29, 1.82) is 0 Å². The van der Waals surface area contributed by atoms with Crippen LogP contribution in [0.2, 0.25) is 0 Å². The van der Waals surface area contributed by atoms with Crippen LogP contribution >= 0.6 is 0 Å². The van der Waals surface area contributed by atoms with Gasteiger partial charge in [0.05, 0.1) is 23.4 Å². The fourth-order valence-corrected chi connectivity index (χ4v) is 1.24. The van der Waals surface area contributed by atoms with Gasteiger partial charge in [0.1, 0.15) is 0 Å². The van der Waals surface area contributed by atoms with Gasteiger partial charge < -0.3 is 10.8 Å². The number of nitrogens with two attached hydrogens (primary N) is 1. The molecule has 3 N–H and O–H groups in total. The van der Waals surface area contributed by atoms with Crippen LogP contribution in [-0.2, 0) is 6.54 Å². The molecule has 0 aliphatic carbocycles. The van der Waals surface area contributed by atoms with Crippen molar-refractivity contribution in [3.05, 3.63) is 17.5 Å². The van der Waals surface area contributed by atoms with Crippen LogP contribution in [-0.4, -0.2) is 26.4 Å². The highest BCUT2D eigenvalue weighted by Crippen LogP contribution is 2.09. The Hall–Kier alpha value is -1.36. The van der Waals surface area contributed by atoms with E-state index in [0.29, 0.717) is 17.8 Å². The molecule has 0 atom stereocenters. The molecule has 5 nitrogen and oxygen atoms in total. The van der Waals surface area contributed by atoms with Gasteiger partial charge in [0.25, 0.3) is 5.91 Å². The van der Waals surface area contributed by atoms with Gasteiger partial charge in [0, 0.05) is 6.20 Å². The maximum Gasteiger partial charge on any atom is 0.252 e. The van der Waals surface area contributed by atoms with Gasteiger partial charge in [0.2, 0.25) is 0 Å². The number of nitrogens with zero attached hydrogens (tertiary/aromatic N) is 2. The topological polar surface area (TPSA) is 81.1 Å². The van der Waals surface area contributed by atoms with Gasteiger partial charge in [-0.3, -0.25) is 9.48 Å². The van der Waals surface area contributed by atoms with Crippen molar-refractivity contribution in [1.82, 2.24) is 9.78 Å². The molecule has 5 heteroatoms. The van der Waals surface area contributed by atoms with Crippen molar-refractivity contribution in [2.24, 2.45) is 5.73 Å². The predicted octanol–water partition coefficient (Wildman–Crippen LogP) is 0.0613. The first kappa shape index (κ1) is 10.7. The molecule has 0 radical (unpaired) electrons. The molecule has 0 aliphatic heterocycles. The molecule has 0 saturated carbocycles. The van der Waals surface area contributed by atoms with Crippen LogP contribution in [0.4, 0.5) is 0 Å². The van der Waals surface area contributed by atoms with E-state index in [9.17, 15) is 9.90 Å². The van der Waals surface area contributed by atoms with Gasteiger partial charge >= 0.3 is 0 Å². The van der Waals surface area contributed by atoms with E-state index in [1.54, 1.807) is 27.0 Å². The van der Waals surface area contributed by atoms with E-state index in [-0.39, 0.29) is 0 Å². The van der Waals surface area contributed by atoms with Gasteiger partial charge in [-0.15, -0.1) is 0 Å². The zero-order chi connectivity index (χ0) is 10.9. The van der Waals surface area contributed by atoms with E-state index in [2.05, 4.69) is 5.10 Å². The van der Waals surface area contributed by atoms with Crippen molar-refractivity contribution in [2.45, 2.75) is 32.9 Å². The Morgan fingerprint density at radius 3 is 2.64 bits per heavy atom. The van der Waals surface area contributed by atoms with Crippen molar-refractivity contribution in [3.63, 3.8) is 0 Å². The lowest BCUT2D eigenvalue weighted by molar-refractivity contribution is 0.0576. The number of hydrogen-bond donors (Lipinski definition) is 2. The van der Waals surface area contributed by atoms with Crippen molar-refractivity contribution < 1.29 is 9.90 Å². The largest absolute Gasteiger partial charge is 0.389 e. The van der Waals surface area contributed by atoms with E-state index in [1.165, 1.54) is 4.68 Å². The maximum atomic E-state index is 10.9. The summed E-state index contributed by atoms with van der Waals surface area (Å²) in [5, 5.41) is 13.6. The molecule has 1 heterocycles. The Morgan fingerprint density at radius 2 is 2.29 bits per heavy atom. The Labute approximate surface area is 82.5 Å². The molecule has 14 heavy (non-hydrogen) atoms. The van der Waals surface area contributed by atoms with E-state index in [4.69, 9.17) is 5.73 Å². The number of primary amides is 1. The van der Waals surface area contributed by atoms with Crippen LogP contribution in [0.3, 0.4) is 0 Å². The number of carbonyl (C=O) groups excluding carboxylic acids is 1. The normalized spacial score (nSPS) is 11.7. The molecule has 0 aliphatic rings. The molecule has 78 valence electrons. The van der Waals surface area contributed by atoms with E-state index in [1.807, 2.05) is 0 Å². The van der Waals surface area contributed by atoms with Gasteiger partial charge in [0.15, 0.2) is 0 Å². The summed E-state index contributed by atoms with van der Waals surface area (Å²) in [6.07, 6.45) is 1.55. The average molecular weight is 197 g/mol. The summed E-state index contributed by atoms with van der Waals surface area (Å²) in [6, 6.07) is 0. The number of rotatable bonds is 3. The Bertz CT molecular complexity index is 349. The highest BCUT2D eigenvalue weighted by molar-refractivity contribution is 5.93. The van der Waals surface area contributed by atoms with E-state index < -0.39 is 11.5 Å². The summed E-state index contributed by atoms with van der Waals surface area (Å²) in [6.45, 7) is 5.39. The summed E-state index contributed by atoms with van der Waals surface area (Å²) in [5.74, 6) is -0.496. The molecule has 1 amide bonds. The first-order valence-corrected chi connectivity index (χ1v) is 4.36. The minimum absolute atomic E-state index is 0.334. The monoisotopic (exact) mass is 197 g/mol. The first-order valence-electron chi connectivity index (χ1n) is 4.36. The van der Waals surface area contributed by atoms with Crippen LogP contribution in [0.5, 0.6) is 0 Å². The lowest BCUT2D eigenvalue weighted by Crippen LogP contribution is -2.26. The number of carbonyl (C=O) groups is 1. The van der Waals surface area contributed by atoms with E-state index >= 15 is 0 Å². The summed E-state index contributed by atoms with van der Waals surface area (Å²) < 4.78 is 1.52. The second-order valence-electron chi connectivity index (χ2n) is 4.00. The minimum atomic E-state index is -0.854. The van der Waals surface area contributed by atoms with Gasteiger partial charge in [-0.05, 0) is 20.8 Å². The van der Waals surface area contributed by atoms with Crippen molar-refractivity contribution in [2.75, 3.05) is 0 Å². The Balaban J connectivity index is 2.92. The zero-order valence-electron chi connectivity index (χ0n) is 8.61. The summed E-state index contributed by atoms with van der Waals surface area (Å²) in [4.78, 5) is 10.9. The molecule has 1 rings (SSSR count). The molecule has 0 fully saturated rings. The molecule has 0 saturated heterocycles. The minimum Gasteiger partial charge on any atom is -0.389 e. The van der Waals surface area contributed by atoms with E-state index in [0.717, 1.165) is 0 Å². The Morgan fingerprint density at radius 1 is 1.71 bits per heavy atom. The second kappa shape index (κ2) is 3.42. The third-order valence-electron chi connectivity index (χ3n) is 1.76. The van der Waals surface area contributed by atoms with Gasteiger partial charge in [-0.1, -0.05) is 0 Å². The van der Waals surface area contributed by atoms with Crippen LogP contribution in [0.1, 0.15) is 29.9 Å². The van der Waals surface area contributed by atoms with Crippen LogP contribution in [0.15, 0.2) is 6.20 Å². The third-order valence-corrected chi connectivity index (χ3v) is 1.76. The highest BCUT2D eigenvalue weighted by atomic mass is 16.3. The molecule has 0 unspecified atom stereocenters. The van der Waals surface area contributed by atoms with Gasteiger partial charge in [-0.2, -0.15) is 5.10 Å². The van der Waals surface area contributed by atoms with Gasteiger partial charge in [-0.25, -0.2) is 0 Å². The first-order chi connectivity index (χ1) is 6.29. The highest BCUT2D eigenvalue weighted by Gasteiger charge is 2.16. The van der Waals surface area contributed by atoms with Crippen LogP contribution in [0.25, 0.3) is 0 Å². The molecule has 1 aromatic rings. The lowest BCUT2D eigenvalue weighted by Gasteiger charge is -2.16. The van der Waals surface area contributed by atoms with Crippen molar-refractivity contribution >= 4 is 5.91 Å². The maximum absolute atomic E-state index is 10.9. The number of aliphatic hydroxyl groups is 1. The smallest absolute Gasteiger partial charge is 0.252 e. The molecule has 0 bridgehead atoms. The fraction of sp³-hybridized carbons (Fsp3) is 0.556. The fourth-order valence-electron chi connectivity index (χ4n) is 1.24. The molecule has 0 aromatic carbocycles. The molecular weight excluding hydrogens is 182 g/mol. The lowest BCUT2D eigenvalue weighted by atomic mass is 10.1. The molecule has 1 aromatic heterocycles.